The number of aromatic amines is 1. The molecule has 0 bridgehead atoms. The Morgan fingerprint density at radius 1 is 1.50 bits per heavy atom. The predicted molar refractivity (Wildman–Crippen MR) is 67.7 cm³/mol. The van der Waals surface area contributed by atoms with Gasteiger partial charge in [-0.3, -0.25) is 14.9 Å². The summed E-state index contributed by atoms with van der Waals surface area (Å²) in [6.45, 7) is 0. The summed E-state index contributed by atoms with van der Waals surface area (Å²) in [6.07, 6.45) is 0. The molecule has 0 fully saturated rings. The third kappa shape index (κ3) is 2.43. The number of benzene rings is 1. The second-order valence-corrected chi connectivity index (χ2v) is 4.70. The molecule has 0 saturated heterocycles. The smallest absolute Gasteiger partial charge is 0.288 e. The number of non-ortho nitro benzene ring substituents is 1. The topological polar surface area (TPSA) is 92.1 Å². The first kappa shape index (κ1) is 12.4. The van der Waals surface area contributed by atoms with Crippen molar-refractivity contribution in [1.29, 1.82) is 0 Å². The predicted octanol–water partition coefficient (Wildman–Crippen LogP) is 2.24. The zero-order chi connectivity index (χ0) is 13.3. The van der Waals surface area contributed by atoms with Crippen LogP contribution in [0.4, 0.5) is 10.5 Å². The van der Waals surface area contributed by atoms with Crippen molar-refractivity contribution in [2.45, 2.75) is 5.16 Å². The van der Waals surface area contributed by atoms with E-state index < -0.39 is 4.92 Å². The number of nitro groups is 1. The molecule has 94 valence electrons. The van der Waals surface area contributed by atoms with Gasteiger partial charge < -0.3 is 9.88 Å². The largest absolute Gasteiger partial charge is 0.339 e. The molecule has 2 aromatic rings. The maximum atomic E-state index is 11.5. The van der Waals surface area contributed by atoms with Crippen molar-refractivity contribution in [3.8, 4) is 0 Å². The van der Waals surface area contributed by atoms with Crippen LogP contribution >= 0.6 is 11.8 Å². The zero-order valence-electron chi connectivity index (χ0n) is 9.71. The number of nitro benzene ring substituents is 1. The molecular weight excluding hydrogens is 256 g/mol. The number of H-pyrrole nitrogens is 1. The van der Waals surface area contributed by atoms with Crippen LogP contribution in [0.2, 0.25) is 0 Å². The van der Waals surface area contributed by atoms with Gasteiger partial charge in [0.15, 0.2) is 5.16 Å². The molecule has 7 nitrogen and oxygen atoms in total. The van der Waals surface area contributed by atoms with E-state index in [0.717, 1.165) is 11.8 Å². The Bertz CT molecular complexity index is 623. The first-order valence-corrected chi connectivity index (χ1v) is 5.82. The highest BCUT2D eigenvalue weighted by molar-refractivity contribution is 8.13. The number of nitrogens with zero attached hydrogens (tertiary/aromatic N) is 3. The molecule has 18 heavy (non-hydrogen) atoms. The summed E-state index contributed by atoms with van der Waals surface area (Å²) in [6, 6.07) is 4.33. The molecule has 1 N–H and O–H groups in total. The summed E-state index contributed by atoms with van der Waals surface area (Å²) in [5.41, 5.74) is 1.12. The van der Waals surface area contributed by atoms with Crippen LogP contribution in [0, 0.1) is 10.1 Å². The van der Waals surface area contributed by atoms with Crippen LogP contribution in [0.25, 0.3) is 11.0 Å². The maximum absolute atomic E-state index is 11.5. The fourth-order valence-electron chi connectivity index (χ4n) is 1.31. The fourth-order valence-corrected chi connectivity index (χ4v) is 1.96. The number of amides is 1. The average molecular weight is 266 g/mol. The molecule has 0 spiro atoms. The van der Waals surface area contributed by atoms with E-state index >= 15 is 0 Å². The van der Waals surface area contributed by atoms with E-state index in [1.165, 1.54) is 17.0 Å². The Balaban J connectivity index is 2.33. The SMILES string of the molecule is CN(C)C(=O)Sc1nc2ccc([N+](=O)[O-])cc2[nH]1. The van der Waals surface area contributed by atoms with E-state index in [2.05, 4.69) is 9.97 Å². The van der Waals surface area contributed by atoms with E-state index in [-0.39, 0.29) is 10.9 Å². The van der Waals surface area contributed by atoms with Crippen LogP contribution in [-0.2, 0) is 0 Å². The van der Waals surface area contributed by atoms with E-state index in [9.17, 15) is 14.9 Å². The van der Waals surface area contributed by atoms with E-state index in [4.69, 9.17) is 0 Å². The highest BCUT2D eigenvalue weighted by Gasteiger charge is 2.13. The maximum Gasteiger partial charge on any atom is 0.288 e. The summed E-state index contributed by atoms with van der Waals surface area (Å²) in [5.74, 6) is 0. The lowest BCUT2D eigenvalue weighted by Crippen LogP contribution is -2.16. The van der Waals surface area contributed by atoms with Crippen molar-refractivity contribution in [3.05, 3.63) is 28.3 Å². The third-order valence-corrected chi connectivity index (χ3v) is 3.13. The monoisotopic (exact) mass is 266 g/mol. The minimum absolute atomic E-state index is 0.0124. The summed E-state index contributed by atoms with van der Waals surface area (Å²) >= 11 is 0.942. The first-order valence-electron chi connectivity index (χ1n) is 5.00. The summed E-state index contributed by atoms with van der Waals surface area (Å²) in [4.78, 5) is 30.1. The van der Waals surface area contributed by atoms with Crippen molar-refractivity contribution in [1.82, 2.24) is 14.9 Å². The molecule has 1 aromatic carbocycles. The molecular formula is C10H10N4O3S. The number of fused-ring (bicyclic) bond motifs is 1. The lowest BCUT2D eigenvalue weighted by Gasteiger charge is -2.06. The summed E-state index contributed by atoms with van der Waals surface area (Å²) in [7, 11) is 3.28. The normalized spacial score (nSPS) is 10.6. The molecule has 8 heteroatoms. The van der Waals surface area contributed by atoms with E-state index in [1.54, 1.807) is 20.2 Å². The Morgan fingerprint density at radius 2 is 2.22 bits per heavy atom. The van der Waals surface area contributed by atoms with Crippen molar-refractivity contribution < 1.29 is 9.72 Å². The van der Waals surface area contributed by atoms with Gasteiger partial charge in [-0.2, -0.15) is 0 Å². The third-order valence-electron chi connectivity index (χ3n) is 2.20. The van der Waals surface area contributed by atoms with Crippen LogP contribution < -0.4 is 0 Å². The number of thioether (sulfide) groups is 1. The second-order valence-electron chi connectivity index (χ2n) is 3.76. The minimum Gasteiger partial charge on any atom is -0.339 e. The van der Waals surface area contributed by atoms with Crippen LogP contribution in [0.5, 0.6) is 0 Å². The van der Waals surface area contributed by atoms with Crippen LogP contribution in [0.3, 0.4) is 0 Å². The Kier molecular flexibility index (Phi) is 3.19. The van der Waals surface area contributed by atoms with Crippen molar-refractivity contribution >= 4 is 33.7 Å². The molecule has 0 aliphatic rings. The van der Waals surface area contributed by atoms with Crippen molar-refractivity contribution in [3.63, 3.8) is 0 Å². The van der Waals surface area contributed by atoms with E-state index in [1.807, 2.05) is 0 Å². The molecule has 0 radical (unpaired) electrons. The molecule has 1 aromatic heterocycles. The second kappa shape index (κ2) is 4.65. The molecule has 2 rings (SSSR count). The van der Waals surface area contributed by atoms with Gasteiger partial charge in [0.25, 0.3) is 10.9 Å². The molecule has 0 aliphatic carbocycles. The van der Waals surface area contributed by atoms with Gasteiger partial charge in [-0.25, -0.2) is 4.98 Å². The number of carbonyl (C=O) groups excluding carboxylic acids is 1. The van der Waals surface area contributed by atoms with Gasteiger partial charge in [0, 0.05) is 38.0 Å². The highest BCUT2D eigenvalue weighted by Crippen LogP contribution is 2.24. The Hall–Kier alpha value is -2.09. The first-order chi connectivity index (χ1) is 8.47. The minimum atomic E-state index is -0.474. The number of nitrogens with one attached hydrogen (secondary N) is 1. The van der Waals surface area contributed by atoms with Gasteiger partial charge >= 0.3 is 0 Å². The van der Waals surface area contributed by atoms with Gasteiger partial charge in [0.1, 0.15) is 0 Å². The van der Waals surface area contributed by atoms with Crippen LogP contribution in [-0.4, -0.2) is 39.1 Å². The average Bonchev–Trinajstić information content (AvgIpc) is 2.69. The fraction of sp³-hybridized carbons (Fsp3) is 0.200. The Morgan fingerprint density at radius 3 is 2.83 bits per heavy atom. The molecule has 0 unspecified atom stereocenters. The van der Waals surface area contributed by atoms with Crippen molar-refractivity contribution in [2.24, 2.45) is 0 Å². The van der Waals surface area contributed by atoms with Gasteiger partial charge in [-0.1, -0.05) is 0 Å². The molecule has 0 atom stereocenters. The number of aromatic nitrogens is 2. The van der Waals surface area contributed by atoms with Gasteiger partial charge in [0.05, 0.1) is 16.0 Å². The van der Waals surface area contributed by atoms with Crippen LogP contribution in [0.1, 0.15) is 0 Å². The number of imidazole rings is 1. The lowest BCUT2D eigenvalue weighted by molar-refractivity contribution is -0.384. The number of hydrogen-bond acceptors (Lipinski definition) is 5. The van der Waals surface area contributed by atoms with Crippen LogP contribution in [0.15, 0.2) is 23.4 Å². The van der Waals surface area contributed by atoms with Gasteiger partial charge in [-0.15, -0.1) is 0 Å². The summed E-state index contributed by atoms with van der Waals surface area (Å²) < 4.78 is 0. The molecule has 0 saturated carbocycles. The number of carbonyl (C=O) groups is 1. The standard InChI is InChI=1S/C10H10N4O3S/c1-13(2)10(15)18-9-11-7-4-3-6(14(16)17)5-8(7)12-9/h3-5H,1-2H3,(H,11,12). The molecule has 1 amide bonds. The number of rotatable bonds is 2. The van der Waals surface area contributed by atoms with Gasteiger partial charge in [0.2, 0.25) is 0 Å². The van der Waals surface area contributed by atoms with Crippen molar-refractivity contribution in [2.75, 3.05) is 14.1 Å². The molecule has 0 aliphatic heterocycles. The van der Waals surface area contributed by atoms with Gasteiger partial charge in [-0.05, 0) is 6.07 Å². The zero-order valence-corrected chi connectivity index (χ0v) is 10.5. The lowest BCUT2D eigenvalue weighted by atomic mass is 10.3. The van der Waals surface area contributed by atoms with E-state index in [0.29, 0.717) is 16.2 Å². The summed E-state index contributed by atoms with van der Waals surface area (Å²) in [5, 5.41) is 10.9. The number of hydrogen-bond donors (Lipinski definition) is 1. The quantitative estimate of drug-likeness (QED) is 0.511. The highest BCUT2D eigenvalue weighted by atomic mass is 32.2. The Labute approximate surface area is 106 Å². The molecule has 1 heterocycles.